The molecule has 3 aromatic rings. The number of nitrogens with zero attached hydrogens (tertiary/aromatic N) is 4. The fourth-order valence-corrected chi connectivity index (χ4v) is 2.95. The van der Waals surface area contributed by atoms with Gasteiger partial charge in [0.1, 0.15) is 6.10 Å². The highest BCUT2D eigenvalue weighted by atomic mass is 16.5. The predicted molar refractivity (Wildman–Crippen MR) is 93.6 cm³/mol. The molecule has 1 aliphatic rings. The molecule has 4 heterocycles. The molecule has 0 radical (unpaired) electrons. The van der Waals surface area contributed by atoms with Crippen molar-refractivity contribution in [1.29, 1.82) is 0 Å². The molecular weight excluding hydrogens is 332 g/mol. The van der Waals surface area contributed by atoms with E-state index in [-0.39, 0.29) is 17.7 Å². The second-order valence-corrected chi connectivity index (χ2v) is 6.22. The molecule has 0 aliphatic carbocycles. The largest absolute Gasteiger partial charge is 0.472 e. The summed E-state index contributed by atoms with van der Waals surface area (Å²) in [6.45, 7) is 3.04. The highest BCUT2D eigenvalue weighted by Crippen LogP contribution is 2.22. The highest BCUT2D eigenvalue weighted by Gasteiger charge is 2.30. The second kappa shape index (κ2) is 6.95. The SMILES string of the molecule is Cc1cccc(O[C@H]2CCN(C(=O)c3cc(-c4cccnc4)on3)C2)n1. The number of rotatable bonds is 4. The van der Waals surface area contributed by atoms with E-state index < -0.39 is 0 Å². The standard InChI is InChI=1S/C19H18N4O3/c1-13-4-2-6-18(21-13)25-15-7-9-23(12-15)19(24)16-10-17(26-22-16)14-5-3-8-20-11-14/h2-6,8,10-11,15H,7,9,12H2,1H3/t15-/m0/s1. The maximum absolute atomic E-state index is 12.7. The second-order valence-electron chi connectivity index (χ2n) is 6.22. The number of carbonyl (C=O) groups is 1. The van der Waals surface area contributed by atoms with Gasteiger partial charge >= 0.3 is 0 Å². The fourth-order valence-electron chi connectivity index (χ4n) is 2.95. The molecule has 132 valence electrons. The summed E-state index contributed by atoms with van der Waals surface area (Å²) >= 11 is 0. The Morgan fingerprint density at radius 1 is 1.31 bits per heavy atom. The third-order valence-electron chi connectivity index (χ3n) is 4.26. The van der Waals surface area contributed by atoms with E-state index >= 15 is 0 Å². The normalized spacial score (nSPS) is 16.7. The summed E-state index contributed by atoms with van der Waals surface area (Å²) in [5.41, 5.74) is 1.98. The molecule has 0 aromatic carbocycles. The Bertz CT molecular complexity index is 910. The monoisotopic (exact) mass is 350 g/mol. The summed E-state index contributed by atoms with van der Waals surface area (Å²) in [6, 6.07) is 11.0. The number of likely N-dealkylation sites (tertiary alicyclic amines) is 1. The van der Waals surface area contributed by atoms with Gasteiger partial charge in [0.2, 0.25) is 5.88 Å². The van der Waals surface area contributed by atoms with Crippen LogP contribution >= 0.6 is 0 Å². The molecule has 4 rings (SSSR count). The molecule has 1 amide bonds. The van der Waals surface area contributed by atoms with E-state index in [1.54, 1.807) is 29.4 Å². The number of ether oxygens (including phenoxy) is 1. The van der Waals surface area contributed by atoms with Gasteiger partial charge in [-0.3, -0.25) is 9.78 Å². The smallest absolute Gasteiger partial charge is 0.276 e. The van der Waals surface area contributed by atoms with Crippen molar-refractivity contribution < 1.29 is 14.1 Å². The number of amides is 1. The number of aryl methyl sites for hydroxylation is 1. The van der Waals surface area contributed by atoms with Crippen molar-refractivity contribution in [3.8, 4) is 17.2 Å². The third-order valence-corrected chi connectivity index (χ3v) is 4.26. The molecule has 1 fully saturated rings. The molecule has 0 N–H and O–H groups in total. The summed E-state index contributed by atoms with van der Waals surface area (Å²) in [7, 11) is 0. The summed E-state index contributed by atoms with van der Waals surface area (Å²) in [4.78, 5) is 22.8. The van der Waals surface area contributed by atoms with Crippen molar-refractivity contribution >= 4 is 5.91 Å². The van der Waals surface area contributed by atoms with Crippen LogP contribution in [-0.4, -0.2) is 45.1 Å². The minimum atomic E-state index is -0.160. The number of pyridine rings is 2. The Labute approximate surface area is 150 Å². The molecule has 0 saturated carbocycles. The first-order valence-electron chi connectivity index (χ1n) is 8.46. The maximum Gasteiger partial charge on any atom is 0.276 e. The average Bonchev–Trinajstić information content (AvgIpc) is 3.32. The van der Waals surface area contributed by atoms with Crippen LogP contribution in [0, 0.1) is 6.92 Å². The Morgan fingerprint density at radius 2 is 2.23 bits per heavy atom. The first-order chi connectivity index (χ1) is 12.7. The van der Waals surface area contributed by atoms with Gasteiger partial charge < -0.3 is 14.2 Å². The Kier molecular flexibility index (Phi) is 4.35. The molecule has 1 atom stereocenters. The van der Waals surface area contributed by atoms with Gasteiger partial charge in [0.05, 0.1) is 6.54 Å². The van der Waals surface area contributed by atoms with E-state index in [1.807, 2.05) is 31.2 Å². The average molecular weight is 350 g/mol. The number of aromatic nitrogens is 3. The third kappa shape index (κ3) is 3.42. The van der Waals surface area contributed by atoms with Crippen LogP contribution in [0.2, 0.25) is 0 Å². The number of hydrogen-bond acceptors (Lipinski definition) is 6. The van der Waals surface area contributed by atoms with Crippen molar-refractivity contribution in [2.24, 2.45) is 0 Å². The van der Waals surface area contributed by atoms with E-state index in [4.69, 9.17) is 9.26 Å². The first-order valence-corrected chi connectivity index (χ1v) is 8.46. The zero-order valence-corrected chi connectivity index (χ0v) is 14.3. The van der Waals surface area contributed by atoms with E-state index in [0.717, 1.165) is 17.7 Å². The van der Waals surface area contributed by atoms with Gasteiger partial charge in [0.15, 0.2) is 11.5 Å². The van der Waals surface area contributed by atoms with Gasteiger partial charge in [-0.15, -0.1) is 0 Å². The summed E-state index contributed by atoms with van der Waals surface area (Å²) in [6.07, 6.45) is 4.04. The first kappa shape index (κ1) is 16.3. The predicted octanol–water partition coefficient (Wildman–Crippen LogP) is 2.73. The Hall–Kier alpha value is -3.22. The van der Waals surface area contributed by atoms with E-state index in [9.17, 15) is 4.79 Å². The molecule has 1 aliphatic heterocycles. The van der Waals surface area contributed by atoms with Crippen molar-refractivity contribution in [1.82, 2.24) is 20.0 Å². The zero-order valence-electron chi connectivity index (χ0n) is 14.3. The molecule has 0 spiro atoms. The lowest BCUT2D eigenvalue weighted by atomic mass is 10.2. The molecule has 26 heavy (non-hydrogen) atoms. The molecule has 3 aromatic heterocycles. The minimum Gasteiger partial charge on any atom is -0.472 e. The zero-order chi connectivity index (χ0) is 17.9. The van der Waals surface area contributed by atoms with Crippen molar-refractivity contribution in [2.45, 2.75) is 19.4 Å². The van der Waals surface area contributed by atoms with Crippen LogP contribution < -0.4 is 4.74 Å². The summed E-state index contributed by atoms with van der Waals surface area (Å²) in [5, 5.41) is 3.91. The molecule has 7 heteroatoms. The van der Waals surface area contributed by atoms with Crippen molar-refractivity contribution in [3.63, 3.8) is 0 Å². The molecular formula is C19H18N4O3. The molecule has 0 unspecified atom stereocenters. The van der Waals surface area contributed by atoms with Crippen LogP contribution in [0.4, 0.5) is 0 Å². The van der Waals surface area contributed by atoms with Gasteiger partial charge in [-0.2, -0.15) is 0 Å². The molecule has 7 nitrogen and oxygen atoms in total. The van der Waals surface area contributed by atoms with Crippen molar-refractivity contribution in [2.75, 3.05) is 13.1 Å². The van der Waals surface area contributed by atoms with Gasteiger partial charge in [0.25, 0.3) is 5.91 Å². The Morgan fingerprint density at radius 3 is 3.04 bits per heavy atom. The lowest BCUT2D eigenvalue weighted by molar-refractivity contribution is 0.0761. The van der Waals surface area contributed by atoms with Crippen LogP contribution in [0.15, 0.2) is 53.3 Å². The van der Waals surface area contributed by atoms with Crippen LogP contribution in [0.3, 0.4) is 0 Å². The van der Waals surface area contributed by atoms with Gasteiger partial charge in [-0.05, 0) is 25.1 Å². The molecule has 0 bridgehead atoms. The number of carbonyl (C=O) groups excluding carboxylic acids is 1. The van der Waals surface area contributed by atoms with Gasteiger partial charge in [-0.1, -0.05) is 11.2 Å². The Balaban J connectivity index is 1.41. The van der Waals surface area contributed by atoms with Crippen LogP contribution in [0.5, 0.6) is 5.88 Å². The van der Waals surface area contributed by atoms with Gasteiger partial charge in [0, 0.05) is 48.7 Å². The topological polar surface area (TPSA) is 81.4 Å². The fraction of sp³-hybridized carbons (Fsp3) is 0.263. The van der Waals surface area contributed by atoms with Crippen LogP contribution in [0.1, 0.15) is 22.6 Å². The number of hydrogen-bond donors (Lipinski definition) is 0. The maximum atomic E-state index is 12.7. The van der Waals surface area contributed by atoms with Crippen LogP contribution in [-0.2, 0) is 0 Å². The molecule has 1 saturated heterocycles. The van der Waals surface area contributed by atoms with E-state index in [0.29, 0.717) is 24.7 Å². The van der Waals surface area contributed by atoms with Gasteiger partial charge in [-0.25, -0.2) is 4.98 Å². The lowest BCUT2D eigenvalue weighted by Crippen LogP contribution is -2.31. The van der Waals surface area contributed by atoms with E-state index in [1.165, 1.54) is 0 Å². The lowest BCUT2D eigenvalue weighted by Gasteiger charge is -2.15. The summed E-state index contributed by atoms with van der Waals surface area (Å²) < 4.78 is 11.2. The highest BCUT2D eigenvalue weighted by molar-refractivity contribution is 5.93. The van der Waals surface area contributed by atoms with E-state index in [2.05, 4.69) is 15.1 Å². The van der Waals surface area contributed by atoms with Crippen molar-refractivity contribution in [3.05, 3.63) is 60.2 Å². The quantitative estimate of drug-likeness (QED) is 0.720. The minimum absolute atomic E-state index is 0.0713. The van der Waals surface area contributed by atoms with Crippen LogP contribution in [0.25, 0.3) is 11.3 Å². The summed E-state index contributed by atoms with van der Waals surface area (Å²) in [5.74, 6) is 0.953.